The fourth-order valence-corrected chi connectivity index (χ4v) is 3.35. The van der Waals surface area contributed by atoms with E-state index in [1.54, 1.807) is 18.2 Å². The van der Waals surface area contributed by atoms with E-state index in [9.17, 15) is 10.1 Å². The molecule has 0 aliphatic heterocycles. The van der Waals surface area contributed by atoms with Gasteiger partial charge in [0.1, 0.15) is 17.6 Å². The van der Waals surface area contributed by atoms with Crippen LogP contribution in [0, 0.1) is 11.3 Å². The van der Waals surface area contributed by atoms with Crippen LogP contribution in [0.25, 0.3) is 17.0 Å². The van der Waals surface area contributed by atoms with Crippen LogP contribution in [0.15, 0.2) is 36.5 Å². The number of fused-ring (bicyclic) bond motifs is 1. The highest BCUT2D eigenvalue weighted by atomic mass is 35.5. The van der Waals surface area contributed by atoms with Gasteiger partial charge in [0.25, 0.3) is 0 Å². The standard InChI is InChI=1S/C21H15Cl2N3O4/c1-29-18-6-13-16(5-11(18)3-4-20(27)28)25-10-12(9-24)21(13)26-17-8-19(30-2)15(23)7-14(17)22/h3-8,10H,1-2H3,(H,25,26)(H,27,28). The van der Waals surface area contributed by atoms with Gasteiger partial charge in [0.2, 0.25) is 0 Å². The second-order valence-corrected chi connectivity index (χ2v) is 6.85. The quantitative estimate of drug-likeness (QED) is 0.499. The number of halogens is 2. The van der Waals surface area contributed by atoms with Crippen molar-refractivity contribution >= 4 is 57.5 Å². The molecule has 9 heteroatoms. The van der Waals surface area contributed by atoms with E-state index in [0.717, 1.165) is 6.08 Å². The number of methoxy groups -OCH3 is 2. The third kappa shape index (κ3) is 4.25. The normalized spacial score (nSPS) is 10.8. The van der Waals surface area contributed by atoms with Crippen LogP contribution in [0.5, 0.6) is 11.5 Å². The van der Waals surface area contributed by atoms with Gasteiger partial charge in [0.05, 0.1) is 46.7 Å². The summed E-state index contributed by atoms with van der Waals surface area (Å²) in [6, 6.07) is 8.61. The highest BCUT2D eigenvalue weighted by molar-refractivity contribution is 6.37. The molecule has 0 radical (unpaired) electrons. The first-order valence-corrected chi connectivity index (χ1v) is 9.25. The van der Waals surface area contributed by atoms with Crippen LogP contribution in [-0.4, -0.2) is 30.3 Å². The maximum atomic E-state index is 10.9. The summed E-state index contributed by atoms with van der Waals surface area (Å²) in [7, 11) is 2.95. The predicted octanol–water partition coefficient (Wildman–Crippen LogP) is 5.27. The van der Waals surface area contributed by atoms with E-state index in [0.29, 0.717) is 49.4 Å². The summed E-state index contributed by atoms with van der Waals surface area (Å²) in [5.41, 5.74) is 2.28. The van der Waals surface area contributed by atoms with E-state index >= 15 is 0 Å². The van der Waals surface area contributed by atoms with Crippen molar-refractivity contribution in [2.24, 2.45) is 0 Å². The Bertz CT molecular complexity index is 1220. The molecule has 3 rings (SSSR count). The minimum Gasteiger partial charge on any atom is -0.496 e. The molecule has 3 aromatic rings. The molecule has 2 N–H and O–H groups in total. The van der Waals surface area contributed by atoms with Crippen LogP contribution >= 0.6 is 23.2 Å². The van der Waals surface area contributed by atoms with Crippen molar-refractivity contribution in [3.8, 4) is 17.6 Å². The van der Waals surface area contributed by atoms with Gasteiger partial charge in [-0.3, -0.25) is 4.98 Å². The maximum Gasteiger partial charge on any atom is 0.328 e. The van der Waals surface area contributed by atoms with Gasteiger partial charge in [-0.15, -0.1) is 0 Å². The number of ether oxygens (including phenoxy) is 2. The van der Waals surface area contributed by atoms with Gasteiger partial charge in [0.15, 0.2) is 0 Å². The Kier molecular flexibility index (Phi) is 6.31. The number of carbonyl (C=O) groups is 1. The van der Waals surface area contributed by atoms with Crippen LogP contribution in [0.2, 0.25) is 10.0 Å². The number of nitrogens with zero attached hydrogens (tertiary/aromatic N) is 2. The molecule has 0 bridgehead atoms. The lowest BCUT2D eigenvalue weighted by Gasteiger charge is -2.16. The third-order valence-electron chi connectivity index (χ3n) is 4.25. The van der Waals surface area contributed by atoms with E-state index in [4.69, 9.17) is 37.8 Å². The smallest absolute Gasteiger partial charge is 0.328 e. The van der Waals surface area contributed by atoms with Gasteiger partial charge >= 0.3 is 5.97 Å². The zero-order valence-corrected chi connectivity index (χ0v) is 17.4. The maximum absolute atomic E-state index is 10.9. The number of benzene rings is 2. The number of aliphatic carboxylic acids is 1. The molecule has 0 atom stereocenters. The number of carboxylic acids is 1. The second kappa shape index (κ2) is 8.91. The molecule has 0 amide bonds. The Balaban J connectivity index is 2.21. The monoisotopic (exact) mass is 443 g/mol. The van der Waals surface area contributed by atoms with E-state index in [1.807, 2.05) is 0 Å². The van der Waals surface area contributed by atoms with Crippen molar-refractivity contribution in [2.75, 3.05) is 19.5 Å². The van der Waals surface area contributed by atoms with E-state index < -0.39 is 5.97 Å². The number of nitrogens with one attached hydrogen (secondary N) is 1. The van der Waals surface area contributed by atoms with Crippen molar-refractivity contribution in [2.45, 2.75) is 0 Å². The van der Waals surface area contributed by atoms with Gasteiger partial charge in [-0.2, -0.15) is 5.26 Å². The molecular formula is C21H15Cl2N3O4. The molecule has 0 aliphatic rings. The summed E-state index contributed by atoms with van der Waals surface area (Å²) >= 11 is 12.4. The number of nitriles is 1. The summed E-state index contributed by atoms with van der Waals surface area (Å²) in [6.07, 6.45) is 3.84. The lowest BCUT2D eigenvalue weighted by Crippen LogP contribution is -1.99. The minimum absolute atomic E-state index is 0.281. The van der Waals surface area contributed by atoms with Crippen molar-refractivity contribution in [1.82, 2.24) is 4.98 Å². The first kappa shape index (κ1) is 21.2. The molecule has 0 unspecified atom stereocenters. The summed E-state index contributed by atoms with van der Waals surface area (Å²) in [4.78, 5) is 15.2. The van der Waals surface area contributed by atoms with Crippen molar-refractivity contribution in [1.29, 1.82) is 5.26 Å². The largest absolute Gasteiger partial charge is 0.496 e. The summed E-state index contributed by atoms with van der Waals surface area (Å²) in [6.45, 7) is 0. The van der Waals surface area contributed by atoms with E-state index in [-0.39, 0.29) is 5.56 Å². The number of aromatic nitrogens is 1. The van der Waals surface area contributed by atoms with E-state index in [2.05, 4.69) is 16.4 Å². The second-order valence-electron chi connectivity index (χ2n) is 6.03. The minimum atomic E-state index is -1.08. The van der Waals surface area contributed by atoms with Crippen LogP contribution in [0.1, 0.15) is 11.1 Å². The van der Waals surface area contributed by atoms with Gasteiger partial charge in [-0.05, 0) is 24.3 Å². The van der Waals surface area contributed by atoms with Crippen LogP contribution < -0.4 is 14.8 Å². The molecule has 1 aromatic heterocycles. The van der Waals surface area contributed by atoms with Crippen molar-refractivity contribution in [3.63, 3.8) is 0 Å². The average Bonchev–Trinajstić information content (AvgIpc) is 2.73. The summed E-state index contributed by atoms with van der Waals surface area (Å²) < 4.78 is 10.6. The molecule has 30 heavy (non-hydrogen) atoms. The van der Waals surface area contributed by atoms with Gasteiger partial charge in [-0.1, -0.05) is 23.2 Å². The molecule has 0 saturated heterocycles. The van der Waals surface area contributed by atoms with Crippen LogP contribution in [-0.2, 0) is 4.79 Å². The molecule has 0 spiro atoms. The molecule has 0 fully saturated rings. The first-order valence-electron chi connectivity index (χ1n) is 8.49. The Hall–Kier alpha value is -3.47. The number of hydrogen-bond acceptors (Lipinski definition) is 6. The third-order valence-corrected chi connectivity index (χ3v) is 4.85. The molecule has 0 aliphatic carbocycles. The summed E-state index contributed by atoms with van der Waals surface area (Å²) in [5, 5.41) is 22.9. The molecule has 7 nitrogen and oxygen atoms in total. The molecule has 152 valence electrons. The highest BCUT2D eigenvalue weighted by Crippen LogP contribution is 2.39. The number of pyridine rings is 1. The van der Waals surface area contributed by atoms with Crippen molar-refractivity contribution in [3.05, 3.63) is 57.7 Å². The van der Waals surface area contributed by atoms with Gasteiger partial charge < -0.3 is 19.9 Å². The number of carboxylic acid groups (broad SMARTS) is 1. The number of hydrogen-bond donors (Lipinski definition) is 2. The lowest BCUT2D eigenvalue weighted by atomic mass is 10.0. The zero-order valence-electron chi connectivity index (χ0n) is 15.9. The van der Waals surface area contributed by atoms with Crippen LogP contribution in [0.4, 0.5) is 11.4 Å². The van der Waals surface area contributed by atoms with E-state index in [1.165, 1.54) is 32.6 Å². The molecule has 2 aromatic carbocycles. The lowest BCUT2D eigenvalue weighted by molar-refractivity contribution is -0.131. The Morgan fingerprint density at radius 3 is 2.53 bits per heavy atom. The Labute approximate surface area is 182 Å². The number of rotatable bonds is 6. The Morgan fingerprint density at radius 2 is 1.90 bits per heavy atom. The molecule has 0 saturated carbocycles. The van der Waals surface area contributed by atoms with Crippen LogP contribution in [0.3, 0.4) is 0 Å². The fourth-order valence-electron chi connectivity index (χ4n) is 2.84. The highest BCUT2D eigenvalue weighted by Gasteiger charge is 2.15. The zero-order chi connectivity index (χ0) is 21.8. The average molecular weight is 444 g/mol. The SMILES string of the molecule is COc1cc(Nc2c(C#N)cnc3cc(C=CC(=O)O)c(OC)cc23)c(Cl)cc1Cl. The van der Waals surface area contributed by atoms with Crippen molar-refractivity contribution < 1.29 is 19.4 Å². The predicted molar refractivity (Wildman–Crippen MR) is 116 cm³/mol. The summed E-state index contributed by atoms with van der Waals surface area (Å²) in [5.74, 6) is -0.252. The van der Waals surface area contributed by atoms with Gasteiger partial charge in [-0.25, -0.2) is 4.79 Å². The topological polar surface area (TPSA) is 104 Å². The first-order chi connectivity index (χ1) is 14.4. The molecule has 1 heterocycles. The Morgan fingerprint density at radius 1 is 1.17 bits per heavy atom. The number of anilines is 2. The fraction of sp³-hybridized carbons (Fsp3) is 0.0952. The molecular weight excluding hydrogens is 429 g/mol. The van der Waals surface area contributed by atoms with Gasteiger partial charge in [0, 0.05) is 29.3 Å².